The van der Waals surface area contributed by atoms with Crippen LogP contribution in [0.15, 0.2) is 4.99 Å². The van der Waals surface area contributed by atoms with Gasteiger partial charge in [-0.15, -0.1) is 0 Å². The summed E-state index contributed by atoms with van der Waals surface area (Å²) >= 11 is 0. The molecule has 1 heterocycles. The van der Waals surface area contributed by atoms with Crippen molar-refractivity contribution in [1.82, 2.24) is 10.6 Å². The van der Waals surface area contributed by atoms with E-state index in [4.69, 9.17) is 0 Å². The number of guanidine groups is 1. The quantitative estimate of drug-likeness (QED) is 0.636. The molecule has 3 nitrogen and oxygen atoms in total. The van der Waals surface area contributed by atoms with Gasteiger partial charge in [0.15, 0.2) is 5.96 Å². The molecule has 2 rings (SSSR count). The van der Waals surface area contributed by atoms with E-state index < -0.39 is 0 Å². The van der Waals surface area contributed by atoms with Crippen LogP contribution in [0.25, 0.3) is 0 Å². The number of aliphatic imine (C=N–C) groups is 1. The highest BCUT2D eigenvalue weighted by Gasteiger charge is 2.31. The van der Waals surface area contributed by atoms with Gasteiger partial charge in [-0.2, -0.15) is 0 Å². The van der Waals surface area contributed by atoms with Crippen LogP contribution in [0.5, 0.6) is 0 Å². The second kappa shape index (κ2) is 3.20. The summed E-state index contributed by atoms with van der Waals surface area (Å²) in [7, 11) is 0. The second-order valence-electron chi connectivity index (χ2n) is 4.91. The minimum Gasteiger partial charge on any atom is -0.355 e. The first-order chi connectivity index (χ1) is 6.16. The van der Waals surface area contributed by atoms with Crippen LogP contribution >= 0.6 is 0 Å². The maximum Gasteiger partial charge on any atom is 0.191 e. The zero-order valence-corrected chi connectivity index (χ0v) is 8.56. The molecular formula is C10H19N3. The van der Waals surface area contributed by atoms with E-state index in [0.717, 1.165) is 19.0 Å². The van der Waals surface area contributed by atoms with Gasteiger partial charge in [-0.3, -0.25) is 4.99 Å². The van der Waals surface area contributed by atoms with E-state index in [1.165, 1.54) is 19.3 Å². The molecule has 0 spiro atoms. The maximum atomic E-state index is 4.34. The van der Waals surface area contributed by atoms with E-state index in [0.29, 0.717) is 11.5 Å². The molecule has 0 saturated heterocycles. The molecule has 0 aromatic rings. The Labute approximate surface area is 80.0 Å². The van der Waals surface area contributed by atoms with E-state index in [1.807, 2.05) is 0 Å². The SMILES string of the molecule is CC1(C)CCC(NC2=NCCN2)C1. The molecule has 2 aliphatic rings. The fraction of sp³-hybridized carbons (Fsp3) is 0.900. The summed E-state index contributed by atoms with van der Waals surface area (Å²) in [6, 6.07) is 0.638. The largest absolute Gasteiger partial charge is 0.355 e. The van der Waals surface area contributed by atoms with E-state index in [2.05, 4.69) is 29.5 Å². The molecule has 1 fully saturated rings. The monoisotopic (exact) mass is 181 g/mol. The van der Waals surface area contributed by atoms with Crippen molar-refractivity contribution in [3.05, 3.63) is 0 Å². The molecule has 0 amide bonds. The minimum atomic E-state index is 0.525. The molecule has 13 heavy (non-hydrogen) atoms. The number of hydrogen-bond acceptors (Lipinski definition) is 3. The second-order valence-corrected chi connectivity index (χ2v) is 4.91. The van der Waals surface area contributed by atoms with Gasteiger partial charge < -0.3 is 10.6 Å². The molecule has 0 aromatic carbocycles. The third-order valence-corrected chi connectivity index (χ3v) is 2.98. The molecule has 1 unspecified atom stereocenters. The molecular weight excluding hydrogens is 162 g/mol. The Kier molecular flexibility index (Phi) is 2.18. The molecule has 1 atom stereocenters. The first-order valence-electron chi connectivity index (χ1n) is 5.21. The molecule has 0 bridgehead atoms. The lowest BCUT2D eigenvalue weighted by atomic mass is 9.92. The van der Waals surface area contributed by atoms with Crippen LogP contribution in [0.3, 0.4) is 0 Å². The fourth-order valence-electron chi connectivity index (χ4n) is 2.25. The Morgan fingerprint density at radius 1 is 1.54 bits per heavy atom. The van der Waals surface area contributed by atoms with Gasteiger partial charge in [0.1, 0.15) is 0 Å². The van der Waals surface area contributed by atoms with E-state index >= 15 is 0 Å². The van der Waals surface area contributed by atoms with Crippen molar-refractivity contribution >= 4 is 5.96 Å². The van der Waals surface area contributed by atoms with Gasteiger partial charge >= 0.3 is 0 Å². The van der Waals surface area contributed by atoms with Crippen molar-refractivity contribution in [2.45, 2.75) is 39.2 Å². The highest BCUT2D eigenvalue weighted by molar-refractivity contribution is 5.81. The molecule has 1 aliphatic carbocycles. The Morgan fingerprint density at radius 2 is 2.38 bits per heavy atom. The summed E-state index contributed by atoms with van der Waals surface area (Å²) in [6.07, 6.45) is 3.89. The number of rotatable bonds is 1. The maximum absolute atomic E-state index is 4.34. The van der Waals surface area contributed by atoms with E-state index in [9.17, 15) is 0 Å². The van der Waals surface area contributed by atoms with Gasteiger partial charge in [-0.25, -0.2) is 0 Å². The predicted molar refractivity (Wildman–Crippen MR) is 54.9 cm³/mol. The van der Waals surface area contributed by atoms with Crippen LogP contribution in [-0.4, -0.2) is 25.1 Å². The summed E-state index contributed by atoms with van der Waals surface area (Å²) in [5.74, 6) is 1.02. The fourth-order valence-corrected chi connectivity index (χ4v) is 2.25. The summed E-state index contributed by atoms with van der Waals surface area (Å²) in [5.41, 5.74) is 0.525. The predicted octanol–water partition coefficient (Wildman–Crippen LogP) is 1.11. The average Bonchev–Trinajstić information content (AvgIpc) is 2.61. The topological polar surface area (TPSA) is 36.4 Å². The van der Waals surface area contributed by atoms with Crippen LogP contribution in [0, 0.1) is 5.41 Å². The lowest BCUT2D eigenvalue weighted by molar-refractivity contribution is 0.372. The lowest BCUT2D eigenvalue weighted by Gasteiger charge is -2.18. The van der Waals surface area contributed by atoms with Gasteiger partial charge in [0, 0.05) is 12.6 Å². The molecule has 2 N–H and O–H groups in total. The van der Waals surface area contributed by atoms with Crippen LogP contribution < -0.4 is 10.6 Å². The van der Waals surface area contributed by atoms with Gasteiger partial charge in [-0.05, 0) is 24.7 Å². The van der Waals surface area contributed by atoms with Gasteiger partial charge in [0.2, 0.25) is 0 Å². The van der Waals surface area contributed by atoms with Crippen molar-refractivity contribution < 1.29 is 0 Å². The first-order valence-corrected chi connectivity index (χ1v) is 5.21. The van der Waals surface area contributed by atoms with Crippen LogP contribution in [0.2, 0.25) is 0 Å². The van der Waals surface area contributed by atoms with Crippen LogP contribution in [0.4, 0.5) is 0 Å². The summed E-state index contributed by atoms with van der Waals surface area (Å²) < 4.78 is 0. The molecule has 1 aliphatic heterocycles. The third kappa shape index (κ3) is 2.14. The highest BCUT2D eigenvalue weighted by atomic mass is 15.2. The summed E-state index contributed by atoms with van der Waals surface area (Å²) in [5, 5.41) is 6.72. The van der Waals surface area contributed by atoms with Gasteiger partial charge in [-0.1, -0.05) is 13.8 Å². The van der Waals surface area contributed by atoms with Crippen molar-refractivity contribution in [3.8, 4) is 0 Å². The molecule has 3 heteroatoms. The summed E-state index contributed by atoms with van der Waals surface area (Å²) in [4.78, 5) is 4.34. The van der Waals surface area contributed by atoms with Gasteiger partial charge in [0.25, 0.3) is 0 Å². The Balaban J connectivity index is 1.83. The average molecular weight is 181 g/mol. The third-order valence-electron chi connectivity index (χ3n) is 2.98. The van der Waals surface area contributed by atoms with E-state index in [-0.39, 0.29) is 0 Å². The van der Waals surface area contributed by atoms with Crippen molar-refractivity contribution in [1.29, 1.82) is 0 Å². The van der Waals surface area contributed by atoms with Gasteiger partial charge in [0.05, 0.1) is 6.54 Å². The molecule has 0 aromatic heterocycles. The lowest BCUT2D eigenvalue weighted by Crippen LogP contribution is -2.40. The minimum absolute atomic E-state index is 0.525. The van der Waals surface area contributed by atoms with Crippen LogP contribution in [0.1, 0.15) is 33.1 Å². The normalized spacial score (nSPS) is 31.2. The highest BCUT2D eigenvalue weighted by Crippen LogP contribution is 2.36. The molecule has 0 radical (unpaired) electrons. The van der Waals surface area contributed by atoms with Crippen molar-refractivity contribution in [2.75, 3.05) is 13.1 Å². The smallest absolute Gasteiger partial charge is 0.191 e. The number of nitrogens with zero attached hydrogens (tertiary/aromatic N) is 1. The Morgan fingerprint density at radius 3 is 2.92 bits per heavy atom. The number of nitrogens with one attached hydrogen (secondary N) is 2. The van der Waals surface area contributed by atoms with Crippen molar-refractivity contribution in [2.24, 2.45) is 10.4 Å². The first kappa shape index (κ1) is 8.85. The standard InChI is InChI=1S/C10H19N3/c1-10(2)4-3-8(7-10)13-9-11-5-6-12-9/h8H,3-7H2,1-2H3,(H2,11,12,13). The van der Waals surface area contributed by atoms with E-state index in [1.54, 1.807) is 0 Å². The zero-order valence-electron chi connectivity index (χ0n) is 8.56. The molecule has 74 valence electrons. The Bertz CT molecular complexity index is 220. The Hall–Kier alpha value is -0.730. The zero-order chi connectivity index (χ0) is 9.31. The summed E-state index contributed by atoms with van der Waals surface area (Å²) in [6.45, 7) is 6.62. The molecule has 1 saturated carbocycles. The van der Waals surface area contributed by atoms with Crippen molar-refractivity contribution in [3.63, 3.8) is 0 Å². The van der Waals surface area contributed by atoms with Crippen LogP contribution in [-0.2, 0) is 0 Å². The number of hydrogen-bond donors (Lipinski definition) is 2.